The van der Waals surface area contributed by atoms with Gasteiger partial charge >= 0.3 is 12.1 Å². The zero-order valence-electron chi connectivity index (χ0n) is 18.2. The molecule has 0 aliphatic heterocycles. The van der Waals surface area contributed by atoms with Crippen molar-refractivity contribution in [3.8, 4) is 11.1 Å². The molecule has 2 aromatic carbocycles. The van der Waals surface area contributed by atoms with Gasteiger partial charge in [0.15, 0.2) is 0 Å². The fourth-order valence-corrected chi connectivity index (χ4v) is 3.92. The third kappa shape index (κ3) is 5.45. The van der Waals surface area contributed by atoms with Gasteiger partial charge in [-0.3, -0.25) is 9.59 Å². The zero-order valence-corrected chi connectivity index (χ0v) is 18.2. The van der Waals surface area contributed by atoms with Crippen LogP contribution in [0.15, 0.2) is 48.5 Å². The summed E-state index contributed by atoms with van der Waals surface area (Å²) in [6.45, 7) is 0.492. The van der Waals surface area contributed by atoms with E-state index in [0.717, 1.165) is 22.3 Å². The van der Waals surface area contributed by atoms with E-state index in [4.69, 9.17) is 14.6 Å². The minimum absolute atomic E-state index is 0.0238. The van der Waals surface area contributed by atoms with Crippen LogP contribution in [0.1, 0.15) is 29.9 Å². The maximum atomic E-state index is 12.4. The monoisotopic (exact) mass is 440 g/mol. The Morgan fingerprint density at radius 3 is 2.22 bits per heavy atom. The van der Waals surface area contributed by atoms with Crippen LogP contribution in [0.3, 0.4) is 0 Å². The number of hydrogen-bond donors (Lipinski definition) is 2. The first-order valence-electron chi connectivity index (χ1n) is 10.5. The maximum absolute atomic E-state index is 12.4. The summed E-state index contributed by atoms with van der Waals surface area (Å²) in [7, 11) is 2.93. The number of carboxylic acid groups (broad SMARTS) is 1. The lowest BCUT2D eigenvalue weighted by Gasteiger charge is -2.22. The van der Waals surface area contributed by atoms with Crippen LogP contribution in [0, 0.1) is 0 Å². The van der Waals surface area contributed by atoms with E-state index in [1.165, 1.54) is 19.1 Å². The molecule has 3 rings (SSSR count). The number of carbonyl (C=O) groups excluding carboxylic acids is 2. The van der Waals surface area contributed by atoms with E-state index in [-0.39, 0.29) is 44.4 Å². The highest BCUT2D eigenvalue weighted by Crippen LogP contribution is 2.44. The number of hydrogen-bond acceptors (Lipinski definition) is 5. The summed E-state index contributed by atoms with van der Waals surface area (Å²) >= 11 is 0. The van der Waals surface area contributed by atoms with Gasteiger partial charge in [-0.2, -0.15) is 0 Å². The molecule has 8 nitrogen and oxygen atoms in total. The first kappa shape index (κ1) is 23.3. The van der Waals surface area contributed by atoms with Gasteiger partial charge in [0, 0.05) is 39.6 Å². The highest BCUT2D eigenvalue weighted by molar-refractivity contribution is 5.81. The number of nitrogens with one attached hydrogen (secondary N) is 1. The third-order valence-electron chi connectivity index (χ3n) is 5.62. The summed E-state index contributed by atoms with van der Waals surface area (Å²) in [6, 6.07) is 16.2. The van der Waals surface area contributed by atoms with E-state index in [0.29, 0.717) is 0 Å². The summed E-state index contributed by atoms with van der Waals surface area (Å²) in [6.07, 6.45) is -1.23. The Labute approximate surface area is 187 Å². The fraction of sp³-hybridized carbons (Fsp3) is 0.375. The molecule has 0 heterocycles. The number of nitrogens with zero attached hydrogens (tertiary/aromatic N) is 1. The van der Waals surface area contributed by atoms with Crippen LogP contribution in [0.4, 0.5) is 4.79 Å². The van der Waals surface area contributed by atoms with Crippen LogP contribution >= 0.6 is 0 Å². The van der Waals surface area contributed by atoms with Crippen molar-refractivity contribution in [1.29, 1.82) is 0 Å². The number of methoxy groups -OCH3 is 1. The Hall–Kier alpha value is -3.39. The van der Waals surface area contributed by atoms with Gasteiger partial charge in [0.2, 0.25) is 0 Å². The molecule has 0 saturated carbocycles. The van der Waals surface area contributed by atoms with Crippen molar-refractivity contribution in [2.45, 2.75) is 24.9 Å². The largest absolute Gasteiger partial charge is 0.481 e. The molecule has 0 radical (unpaired) electrons. The smallest absolute Gasteiger partial charge is 0.407 e. The number of likely N-dealkylation sites (N-methyl/N-ethyl adjacent to an activating group) is 1. The number of carbonyl (C=O) groups is 3. The van der Waals surface area contributed by atoms with E-state index < -0.39 is 18.2 Å². The first-order chi connectivity index (χ1) is 15.4. The van der Waals surface area contributed by atoms with E-state index in [2.05, 4.69) is 29.6 Å². The Bertz CT molecular complexity index is 931. The van der Waals surface area contributed by atoms with Crippen molar-refractivity contribution in [3.05, 3.63) is 59.7 Å². The summed E-state index contributed by atoms with van der Waals surface area (Å²) in [5.74, 6) is -1.33. The predicted molar refractivity (Wildman–Crippen MR) is 118 cm³/mol. The number of ether oxygens (including phenoxy) is 2. The van der Waals surface area contributed by atoms with Crippen LogP contribution in [-0.4, -0.2) is 67.9 Å². The van der Waals surface area contributed by atoms with E-state index >= 15 is 0 Å². The van der Waals surface area contributed by atoms with Crippen molar-refractivity contribution >= 4 is 18.0 Å². The summed E-state index contributed by atoms with van der Waals surface area (Å²) in [5.41, 5.74) is 4.59. The molecule has 1 unspecified atom stereocenters. The van der Waals surface area contributed by atoms with Gasteiger partial charge in [0.05, 0.1) is 6.42 Å². The van der Waals surface area contributed by atoms with Crippen molar-refractivity contribution in [2.24, 2.45) is 0 Å². The highest BCUT2D eigenvalue weighted by atomic mass is 16.5. The van der Waals surface area contributed by atoms with Crippen LogP contribution in [0.25, 0.3) is 11.1 Å². The number of rotatable bonds is 10. The second-order valence-corrected chi connectivity index (χ2v) is 7.67. The van der Waals surface area contributed by atoms with Crippen molar-refractivity contribution in [1.82, 2.24) is 10.2 Å². The highest BCUT2D eigenvalue weighted by Gasteiger charge is 2.29. The van der Waals surface area contributed by atoms with Gasteiger partial charge < -0.3 is 24.8 Å². The molecule has 0 spiro atoms. The fourth-order valence-electron chi connectivity index (χ4n) is 3.92. The van der Waals surface area contributed by atoms with Crippen molar-refractivity contribution in [3.63, 3.8) is 0 Å². The van der Waals surface area contributed by atoms with Crippen LogP contribution in [0.2, 0.25) is 0 Å². The molecule has 0 fully saturated rings. The molecular formula is C24H28N2O6. The zero-order chi connectivity index (χ0) is 23.1. The molecule has 0 aromatic heterocycles. The minimum atomic E-state index is -0.976. The van der Waals surface area contributed by atoms with Gasteiger partial charge in [0.25, 0.3) is 5.91 Å². The Balaban J connectivity index is 1.48. The second kappa shape index (κ2) is 10.8. The molecule has 0 saturated heterocycles. The Kier molecular flexibility index (Phi) is 7.83. The predicted octanol–water partition coefficient (Wildman–Crippen LogP) is 2.86. The molecular weight excluding hydrogens is 412 g/mol. The molecule has 2 amide bonds. The van der Waals surface area contributed by atoms with E-state index in [9.17, 15) is 14.4 Å². The molecule has 2 N–H and O–H groups in total. The molecule has 1 aliphatic carbocycles. The second-order valence-electron chi connectivity index (χ2n) is 7.67. The van der Waals surface area contributed by atoms with Crippen molar-refractivity contribution in [2.75, 3.05) is 33.9 Å². The molecule has 170 valence electrons. The molecule has 0 bridgehead atoms. The van der Waals surface area contributed by atoms with Crippen LogP contribution in [0.5, 0.6) is 0 Å². The van der Waals surface area contributed by atoms with Crippen LogP contribution in [-0.2, 0) is 19.1 Å². The molecule has 8 heteroatoms. The third-order valence-corrected chi connectivity index (χ3v) is 5.62. The lowest BCUT2D eigenvalue weighted by atomic mass is 9.98. The summed E-state index contributed by atoms with van der Waals surface area (Å²) in [4.78, 5) is 36.6. The lowest BCUT2D eigenvalue weighted by Crippen LogP contribution is -2.40. The van der Waals surface area contributed by atoms with Gasteiger partial charge in [-0.15, -0.1) is 0 Å². The van der Waals surface area contributed by atoms with Crippen molar-refractivity contribution < 1.29 is 29.0 Å². The van der Waals surface area contributed by atoms with E-state index in [1.54, 1.807) is 0 Å². The molecule has 1 aliphatic rings. The van der Waals surface area contributed by atoms with Gasteiger partial charge in [-0.05, 0) is 22.3 Å². The Morgan fingerprint density at radius 2 is 1.66 bits per heavy atom. The SMILES string of the molecule is COC(CCNC(=O)OCC1c2ccccc2-c2ccccc21)C(=O)N(C)CCC(=O)O. The average Bonchev–Trinajstić information content (AvgIpc) is 3.12. The van der Waals surface area contributed by atoms with Gasteiger partial charge in [0.1, 0.15) is 12.7 Å². The van der Waals surface area contributed by atoms with Gasteiger partial charge in [-0.25, -0.2) is 4.79 Å². The topological polar surface area (TPSA) is 105 Å². The van der Waals surface area contributed by atoms with E-state index in [1.807, 2.05) is 24.3 Å². The number of aliphatic carboxylic acids is 1. The summed E-state index contributed by atoms with van der Waals surface area (Å²) in [5, 5.41) is 11.4. The van der Waals surface area contributed by atoms with Gasteiger partial charge in [-0.1, -0.05) is 48.5 Å². The average molecular weight is 440 g/mol. The number of amides is 2. The molecule has 2 aromatic rings. The Morgan fingerprint density at radius 1 is 1.06 bits per heavy atom. The quantitative estimate of drug-likeness (QED) is 0.589. The molecule has 1 atom stereocenters. The normalized spacial score (nSPS) is 13.1. The van der Waals surface area contributed by atoms with Crippen LogP contribution < -0.4 is 5.32 Å². The maximum Gasteiger partial charge on any atom is 0.407 e. The number of alkyl carbamates (subject to hydrolysis) is 1. The number of fused-ring (bicyclic) bond motifs is 3. The molecule has 32 heavy (non-hydrogen) atoms. The lowest BCUT2D eigenvalue weighted by molar-refractivity contribution is -0.142. The standard InChI is InChI=1S/C24H28N2O6/c1-26(14-12-22(27)28)23(29)21(31-2)11-13-25-24(30)32-15-20-18-9-5-3-7-16(18)17-8-4-6-10-19(17)20/h3-10,20-21H,11-15H2,1-2H3,(H,25,30)(H,27,28). The number of carboxylic acids is 1. The summed E-state index contributed by atoms with van der Waals surface area (Å²) < 4.78 is 10.7. The minimum Gasteiger partial charge on any atom is -0.481 e. The first-order valence-corrected chi connectivity index (χ1v) is 10.5. The number of benzene rings is 2.